The first kappa shape index (κ1) is 18.8. The summed E-state index contributed by atoms with van der Waals surface area (Å²) >= 11 is 5.80. The molecule has 134 valence electrons. The van der Waals surface area contributed by atoms with Crippen molar-refractivity contribution in [1.82, 2.24) is 5.43 Å². The van der Waals surface area contributed by atoms with Crippen molar-refractivity contribution in [3.63, 3.8) is 0 Å². The number of nitrogens with one attached hydrogen (secondary N) is 1. The number of ether oxygens (including phenoxy) is 1. The van der Waals surface area contributed by atoms with Gasteiger partial charge in [0.15, 0.2) is 0 Å². The molecule has 0 heterocycles. The smallest absolute Gasteiger partial charge is 0.348 e. The predicted octanol–water partition coefficient (Wildman–Crippen LogP) is 2.61. The fourth-order valence-corrected chi connectivity index (χ4v) is 2.09. The van der Waals surface area contributed by atoms with Gasteiger partial charge in [0.1, 0.15) is 17.1 Å². The van der Waals surface area contributed by atoms with Crippen LogP contribution < -0.4 is 15.9 Å². The van der Waals surface area contributed by atoms with Gasteiger partial charge in [-0.15, -0.1) is 0 Å². The number of halogens is 2. The molecule has 0 atom stereocenters. The molecule has 0 unspecified atom stereocenters. The van der Waals surface area contributed by atoms with E-state index < -0.39 is 28.3 Å². The average molecular weight is 381 g/mol. The highest BCUT2D eigenvalue weighted by molar-refractivity contribution is 6.33. The van der Waals surface area contributed by atoms with Crippen molar-refractivity contribution in [1.29, 1.82) is 0 Å². The minimum atomic E-state index is -1.11. The summed E-state index contributed by atoms with van der Waals surface area (Å²) in [6.07, 6.45) is 0.976. The van der Waals surface area contributed by atoms with Crippen molar-refractivity contribution in [2.75, 3.05) is 0 Å². The van der Waals surface area contributed by atoms with Crippen LogP contribution in [0.15, 0.2) is 41.5 Å². The summed E-state index contributed by atoms with van der Waals surface area (Å²) in [5, 5.41) is 14.2. The molecule has 0 saturated heterocycles. The molecule has 0 fully saturated rings. The van der Waals surface area contributed by atoms with E-state index in [9.17, 15) is 24.1 Å². The molecule has 2 aromatic carbocycles. The lowest BCUT2D eigenvalue weighted by Gasteiger charge is -2.09. The van der Waals surface area contributed by atoms with Crippen LogP contribution in [0.25, 0.3) is 0 Å². The molecule has 0 aliphatic heterocycles. The van der Waals surface area contributed by atoms with Gasteiger partial charge in [-0.05, 0) is 18.2 Å². The van der Waals surface area contributed by atoms with E-state index in [2.05, 4.69) is 5.10 Å². The lowest BCUT2D eigenvalue weighted by atomic mass is 10.2. The number of nitrogens with two attached hydrogens (primary N) is 1. The molecule has 0 spiro atoms. The Morgan fingerprint density at radius 1 is 1.35 bits per heavy atom. The van der Waals surface area contributed by atoms with Gasteiger partial charge in [0.2, 0.25) is 0 Å². The number of amides is 2. The summed E-state index contributed by atoms with van der Waals surface area (Å²) in [4.78, 5) is 33.0. The first-order chi connectivity index (χ1) is 12.3. The number of nitrogens with zero attached hydrogens (tertiary/aromatic N) is 2. The van der Waals surface area contributed by atoms with Crippen LogP contribution in [0.1, 0.15) is 15.9 Å². The number of primary amides is 1. The zero-order valence-corrected chi connectivity index (χ0v) is 13.6. The standard InChI is InChI=1S/C15H10ClFN4O5/c16-10-2-1-3-11(17)13(10)14(22)26-12-5-4-9(21(24)25)6-8(12)7-19-20-15(18)23/h1-7H,(H3,18,20,23). The number of non-ortho nitro benzene ring substituents is 1. The maximum atomic E-state index is 13.8. The molecule has 0 radical (unpaired) electrons. The molecule has 2 aromatic rings. The Hall–Kier alpha value is -3.53. The molecule has 11 heteroatoms. The summed E-state index contributed by atoms with van der Waals surface area (Å²) in [6.45, 7) is 0. The SMILES string of the molecule is NC(=O)NN=Cc1cc([N+](=O)[O-])ccc1OC(=O)c1c(F)cccc1Cl. The van der Waals surface area contributed by atoms with E-state index in [0.29, 0.717) is 0 Å². The molecule has 0 saturated carbocycles. The van der Waals surface area contributed by atoms with Crippen LogP contribution in [0.3, 0.4) is 0 Å². The largest absolute Gasteiger partial charge is 0.422 e. The van der Waals surface area contributed by atoms with Crippen molar-refractivity contribution in [2.24, 2.45) is 10.8 Å². The molecule has 2 rings (SSSR count). The fraction of sp³-hybridized carbons (Fsp3) is 0. The molecule has 0 bridgehead atoms. The van der Waals surface area contributed by atoms with E-state index in [1.807, 2.05) is 5.43 Å². The first-order valence-electron chi connectivity index (χ1n) is 6.82. The molecule has 26 heavy (non-hydrogen) atoms. The minimum Gasteiger partial charge on any atom is -0.422 e. The van der Waals surface area contributed by atoms with Crippen molar-refractivity contribution < 1.29 is 23.6 Å². The van der Waals surface area contributed by atoms with Crippen molar-refractivity contribution >= 4 is 35.5 Å². The third kappa shape index (κ3) is 4.51. The number of carbonyl (C=O) groups is 2. The van der Waals surface area contributed by atoms with Gasteiger partial charge in [-0.3, -0.25) is 10.1 Å². The Balaban J connectivity index is 2.38. The molecular weight excluding hydrogens is 371 g/mol. The molecule has 2 amide bonds. The van der Waals surface area contributed by atoms with Crippen LogP contribution in [0.5, 0.6) is 5.75 Å². The second-order valence-electron chi connectivity index (χ2n) is 4.70. The quantitative estimate of drug-likeness (QED) is 0.270. The molecule has 9 nitrogen and oxygen atoms in total. The van der Waals surface area contributed by atoms with Gasteiger partial charge in [0.05, 0.1) is 16.2 Å². The summed E-state index contributed by atoms with van der Waals surface area (Å²) in [7, 11) is 0. The average Bonchev–Trinajstić information content (AvgIpc) is 2.55. The van der Waals surface area contributed by atoms with E-state index in [0.717, 1.165) is 30.5 Å². The highest BCUT2D eigenvalue weighted by atomic mass is 35.5. The summed E-state index contributed by atoms with van der Waals surface area (Å²) in [6, 6.07) is 5.91. The van der Waals surface area contributed by atoms with Crippen LogP contribution in [0.2, 0.25) is 5.02 Å². The molecule has 0 aromatic heterocycles. The van der Waals surface area contributed by atoms with Crippen LogP contribution in [-0.4, -0.2) is 23.1 Å². The second-order valence-corrected chi connectivity index (χ2v) is 5.11. The topological polar surface area (TPSA) is 137 Å². The number of nitro benzene ring substituents is 1. The Labute approximate surface area is 150 Å². The van der Waals surface area contributed by atoms with Gasteiger partial charge < -0.3 is 10.5 Å². The fourth-order valence-electron chi connectivity index (χ4n) is 1.85. The second kappa shape index (κ2) is 8.03. The van der Waals surface area contributed by atoms with Gasteiger partial charge in [-0.25, -0.2) is 19.4 Å². The van der Waals surface area contributed by atoms with E-state index in [1.54, 1.807) is 0 Å². The molecule has 0 aliphatic carbocycles. The lowest BCUT2D eigenvalue weighted by molar-refractivity contribution is -0.384. The van der Waals surface area contributed by atoms with Crippen molar-refractivity contribution in [3.8, 4) is 5.75 Å². The highest BCUT2D eigenvalue weighted by Gasteiger charge is 2.20. The first-order valence-corrected chi connectivity index (χ1v) is 7.20. The number of esters is 1. The number of hydrogen-bond donors (Lipinski definition) is 2. The number of hydrazone groups is 1. The minimum absolute atomic E-state index is 0.0336. The predicted molar refractivity (Wildman–Crippen MR) is 89.8 cm³/mol. The summed E-state index contributed by atoms with van der Waals surface area (Å²) in [5.41, 5.74) is 5.89. The third-order valence-electron chi connectivity index (χ3n) is 2.95. The maximum Gasteiger partial charge on any atom is 0.348 e. The number of hydrogen-bond acceptors (Lipinski definition) is 6. The maximum absolute atomic E-state index is 13.8. The summed E-state index contributed by atoms with van der Waals surface area (Å²) < 4.78 is 18.9. The van der Waals surface area contributed by atoms with Crippen LogP contribution >= 0.6 is 11.6 Å². The number of rotatable bonds is 5. The van der Waals surface area contributed by atoms with Crippen LogP contribution in [0.4, 0.5) is 14.9 Å². The number of nitro groups is 1. The zero-order chi connectivity index (χ0) is 19.3. The van der Waals surface area contributed by atoms with Crippen molar-refractivity contribution in [3.05, 3.63) is 68.5 Å². The van der Waals surface area contributed by atoms with E-state index in [-0.39, 0.29) is 22.0 Å². The highest BCUT2D eigenvalue weighted by Crippen LogP contribution is 2.26. The lowest BCUT2D eigenvalue weighted by Crippen LogP contribution is -2.24. The Morgan fingerprint density at radius 2 is 2.08 bits per heavy atom. The Bertz CT molecular complexity index is 899. The van der Waals surface area contributed by atoms with E-state index in [4.69, 9.17) is 22.1 Å². The summed E-state index contributed by atoms with van der Waals surface area (Å²) in [5.74, 6) is -2.18. The molecule has 3 N–H and O–H groups in total. The van der Waals surface area contributed by atoms with Gasteiger partial charge in [0, 0.05) is 17.7 Å². The monoisotopic (exact) mass is 380 g/mol. The molecule has 0 aliphatic rings. The van der Waals surface area contributed by atoms with Crippen molar-refractivity contribution in [2.45, 2.75) is 0 Å². The van der Waals surface area contributed by atoms with E-state index in [1.165, 1.54) is 12.1 Å². The number of benzene rings is 2. The van der Waals surface area contributed by atoms with Crippen LogP contribution in [0, 0.1) is 15.9 Å². The van der Waals surface area contributed by atoms with Gasteiger partial charge >= 0.3 is 12.0 Å². The molecular formula is C15H10ClFN4O5. The van der Waals surface area contributed by atoms with Gasteiger partial charge in [-0.2, -0.15) is 5.10 Å². The van der Waals surface area contributed by atoms with Crippen LogP contribution in [-0.2, 0) is 0 Å². The van der Waals surface area contributed by atoms with E-state index >= 15 is 0 Å². The van der Waals surface area contributed by atoms with Gasteiger partial charge in [-0.1, -0.05) is 17.7 Å². The third-order valence-corrected chi connectivity index (χ3v) is 3.27. The Morgan fingerprint density at radius 3 is 2.69 bits per heavy atom. The number of urea groups is 1. The van der Waals surface area contributed by atoms with Gasteiger partial charge in [0.25, 0.3) is 5.69 Å². The normalized spacial score (nSPS) is 10.5. The number of carbonyl (C=O) groups excluding carboxylic acids is 2. The Kier molecular flexibility index (Phi) is 5.81. The zero-order valence-electron chi connectivity index (χ0n) is 12.8.